The third-order valence-corrected chi connectivity index (χ3v) is 7.44. The summed E-state index contributed by atoms with van der Waals surface area (Å²) >= 11 is 3.41. The molecule has 12 heteroatoms. The minimum absolute atomic E-state index is 0.181. The second-order valence-corrected chi connectivity index (χ2v) is 10.4. The minimum atomic E-state index is -3.91. The average molecular weight is 530 g/mol. The van der Waals surface area contributed by atoms with Gasteiger partial charge in [0.15, 0.2) is 6.23 Å². The van der Waals surface area contributed by atoms with Crippen molar-refractivity contribution in [1.82, 2.24) is 4.90 Å². The molecule has 4 rings (SSSR count). The molecule has 10 nitrogen and oxygen atoms in total. The van der Waals surface area contributed by atoms with Gasteiger partial charge < -0.3 is 25.6 Å². The number of phosphoric ester groups is 1. The van der Waals surface area contributed by atoms with Crippen molar-refractivity contribution in [2.45, 2.75) is 43.5 Å². The van der Waals surface area contributed by atoms with Gasteiger partial charge in [0.05, 0.1) is 19.3 Å². The smallest absolute Gasteiger partial charge is 0.387 e. The van der Waals surface area contributed by atoms with Crippen LogP contribution in [0.5, 0.6) is 0 Å². The van der Waals surface area contributed by atoms with Crippen LogP contribution in [-0.4, -0.2) is 58.2 Å². The zero-order chi connectivity index (χ0) is 23.1. The lowest BCUT2D eigenvalue weighted by molar-refractivity contribution is -0.111. The van der Waals surface area contributed by atoms with Crippen LogP contribution in [0.2, 0.25) is 0 Å². The van der Waals surface area contributed by atoms with Crippen molar-refractivity contribution >= 4 is 29.6 Å². The summed E-state index contributed by atoms with van der Waals surface area (Å²) in [7, 11) is -3.91. The standard InChI is InChI=1S/C20H25BrN3O7P/c1-12-23-17(22)6-8-24(12)19-20(2,26)18(25)16(30-19)11-29-32(27)28-9-7-15(31-32)13-4-3-5-14(21)10-13/h3-6,8,10,15-16,18-19,25-26H,1,7,9,11H2,2H3,(H2,22,23)/t15?,16-,18-,19-,20-,32?/m1/s1. The Morgan fingerprint density at radius 1 is 1.50 bits per heavy atom. The summed E-state index contributed by atoms with van der Waals surface area (Å²) < 4.78 is 36.2. The quantitative estimate of drug-likeness (QED) is 0.491. The molecule has 2 fully saturated rings. The molecular weight excluding hydrogens is 505 g/mol. The van der Waals surface area contributed by atoms with Crippen molar-refractivity contribution in [2.75, 3.05) is 13.2 Å². The number of hydrogen-bond donors (Lipinski definition) is 3. The molecule has 2 unspecified atom stereocenters. The molecule has 4 N–H and O–H groups in total. The number of aliphatic hydroxyl groups excluding tert-OH is 1. The summed E-state index contributed by atoms with van der Waals surface area (Å²) in [5.41, 5.74) is 4.79. The van der Waals surface area contributed by atoms with Crippen LogP contribution >= 0.6 is 23.8 Å². The molecule has 0 radical (unpaired) electrons. The Labute approximate surface area is 194 Å². The summed E-state index contributed by atoms with van der Waals surface area (Å²) in [4.78, 5) is 5.50. The molecular formula is C20H25BrN3O7P. The molecule has 1 aromatic carbocycles. The highest BCUT2D eigenvalue weighted by Crippen LogP contribution is 2.57. The predicted octanol–water partition coefficient (Wildman–Crippen LogP) is 2.55. The third-order valence-electron chi connectivity index (χ3n) is 5.47. The number of amidine groups is 1. The van der Waals surface area contributed by atoms with Gasteiger partial charge in [-0.2, -0.15) is 0 Å². The van der Waals surface area contributed by atoms with E-state index in [4.69, 9.17) is 24.0 Å². The molecule has 3 aliphatic heterocycles. The summed E-state index contributed by atoms with van der Waals surface area (Å²) in [6.45, 7) is 5.07. The molecule has 0 spiro atoms. The number of aliphatic hydroxyl groups is 2. The van der Waals surface area contributed by atoms with Crippen LogP contribution in [0.15, 0.2) is 58.4 Å². The molecule has 0 bridgehead atoms. The summed E-state index contributed by atoms with van der Waals surface area (Å²) in [6, 6.07) is 7.48. The lowest BCUT2D eigenvalue weighted by Crippen LogP contribution is -2.51. The van der Waals surface area contributed by atoms with E-state index in [-0.39, 0.29) is 24.9 Å². The number of ether oxygens (including phenoxy) is 1. The van der Waals surface area contributed by atoms with Gasteiger partial charge in [-0.25, -0.2) is 9.56 Å². The lowest BCUT2D eigenvalue weighted by Gasteiger charge is -2.35. The molecule has 3 aliphatic rings. The zero-order valence-corrected chi connectivity index (χ0v) is 19.8. The van der Waals surface area contributed by atoms with Crippen molar-refractivity contribution in [3.8, 4) is 0 Å². The Morgan fingerprint density at radius 2 is 2.28 bits per heavy atom. The van der Waals surface area contributed by atoms with E-state index in [1.54, 1.807) is 6.20 Å². The molecule has 2 saturated heterocycles. The number of nitrogens with zero attached hydrogens (tertiary/aromatic N) is 2. The van der Waals surface area contributed by atoms with Gasteiger partial charge in [-0.15, -0.1) is 0 Å². The van der Waals surface area contributed by atoms with Crippen LogP contribution in [0.25, 0.3) is 0 Å². The van der Waals surface area contributed by atoms with E-state index in [2.05, 4.69) is 27.5 Å². The number of hydrogen-bond acceptors (Lipinski definition) is 10. The Kier molecular flexibility index (Phi) is 6.63. The maximum atomic E-state index is 13.1. The predicted molar refractivity (Wildman–Crippen MR) is 119 cm³/mol. The first-order valence-electron chi connectivity index (χ1n) is 9.97. The van der Waals surface area contributed by atoms with E-state index in [0.29, 0.717) is 6.42 Å². The normalized spacial score (nSPS) is 37.6. The van der Waals surface area contributed by atoms with Gasteiger partial charge in [-0.05, 0) is 30.7 Å². The van der Waals surface area contributed by atoms with Gasteiger partial charge in [0.1, 0.15) is 29.5 Å². The highest BCUT2D eigenvalue weighted by Gasteiger charge is 2.55. The van der Waals surface area contributed by atoms with Gasteiger partial charge in [0.2, 0.25) is 0 Å². The van der Waals surface area contributed by atoms with Crippen LogP contribution in [0.4, 0.5) is 0 Å². The van der Waals surface area contributed by atoms with Crippen LogP contribution in [0, 0.1) is 0 Å². The summed E-state index contributed by atoms with van der Waals surface area (Å²) in [5.74, 6) is 0.502. The lowest BCUT2D eigenvalue weighted by atomic mass is 9.96. The number of halogens is 1. The second kappa shape index (κ2) is 9.00. The first kappa shape index (κ1) is 23.6. The van der Waals surface area contributed by atoms with E-state index in [0.717, 1.165) is 10.0 Å². The Morgan fingerprint density at radius 3 is 3.00 bits per heavy atom. The van der Waals surface area contributed by atoms with Gasteiger partial charge in [0.25, 0.3) is 0 Å². The molecule has 0 aromatic heterocycles. The fourth-order valence-electron chi connectivity index (χ4n) is 3.76. The maximum absolute atomic E-state index is 13.1. The second-order valence-electron chi connectivity index (χ2n) is 7.89. The molecule has 0 amide bonds. The van der Waals surface area contributed by atoms with Gasteiger partial charge in [-0.3, -0.25) is 13.6 Å². The molecule has 174 valence electrons. The number of nitrogens with two attached hydrogens (primary N) is 1. The van der Waals surface area contributed by atoms with E-state index in [1.165, 1.54) is 17.9 Å². The largest absolute Gasteiger partial charge is 0.475 e. The van der Waals surface area contributed by atoms with E-state index >= 15 is 0 Å². The van der Waals surface area contributed by atoms with E-state index in [9.17, 15) is 14.8 Å². The van der Waals surface area contributed by atoms with Crippen LogP contribution in [0.1, 0.15) is 25.0 Å². The fraction of sp³-hybridized carbons (Fsp3) is 0.450. The SMILES string of the molecule is C=C1N=C(N)C=CN1[C@@H]1O[C@H](COP2(=O)OCCC(c3cccc(Br)c3)O2)[C@@H](O)[C@@]1(C)O. The highest BCUT2D eigenvalue weighted by atomic mass is 79.9. The minimum Gasteiger partial charge on any atom is -0.387 e. The van der Waals surface area contributed by atoms with Crippen molar-refractivity contribution in [3.05, 3.63) is 59.0 Å². The van der Waals surface area contributed by atoms with Crippen LogP contribution < -0.4 is 5.73 Å². The van der Waals surface area contributed by atoms with E-state index in [1.807, 2.05) is 24.3 Å². The Hall–Kier alpha value is -1.56. The fourth-order valence-corrected chi connectivity index (χ4v) is 5.57. The number of benzene rings is 1. The number of rotatable bonds is 5. The molecule has 6 atom stereocenters. The molecule has 32 heavy (non-hydrogen) atoms. The molecule has 3 heterocycles. The van der Waals surface area contributed by atoms with Crippen LogP contribution in [0.3, 0.4) is 0 Å². The Bertz CT molecular complexity index is 1000. The van der Waals surface area contributed by atoms with E-state index < -0.39 is 38.0 Å². The third kappa shape index (κ3) is 4.71. The molecule has 1 aromatic rings. The molecule has 0 saturated carbocycles. The highest BCUT2D eigenvalue weighted by molar-refractivity contribution is 9.10. The van der Waals surface area contributed by atoms with Gasteiger partial charge >= 0.3 is 7.82 Å². The first-order valence-corrected chi connectivity index (χ1v) is 12.2. The number of aliphatic imine (C=N–C) groups is 1. The van der Waals surface area contributed by atoms with Crippen LogP contribution in [-0.2, 0) is 22.9 Å². The van der Waals surface area contributed by atoms with Crippen molar-refractivity contribution < 1.29 is 33.1 Å². The van der Waals surface area contributed by atoms with Gasteiger partial charge in [0, 0.05) is 17.1 Å². The van der Waals surface area contributed by atoms with Crippen molar-refractivity contribution in [1.29, 1.82) is 0 Å². The van der Waals surface area contributed by atoms with Crippen molar-refractivity contribution in [2.24, 2.45) is 10.7 Å². The molecule has 0 aliphatic carbocycles. The topological polar surface area (TPSA) is 136 Å². The average Bonchev–Trinajstić information content (AvgIpc) is 2.96. The summed E-state index contributed by atoms with van der Waals surface area (Å²) in [5, 5.41) is 21.5. The van der Waals surface area contributed by atoms with Gasteiger partial charge in [-0.1, -0.05) is 34.6 Å². The Balaban J connectivity index is 1.42. The monoisotopic (exact) mass is 529 g/mol. The number of phosphoric acid groups is 1. The zero-order valence-electron chi connectivity index (χ0n) is 17.3. The first-order chi connectivity index (χ1) is 15.1. The van der Waals surface area contributed by atoms with Crippen molar-refractivity contribution in [3.63, 3.8) is 0 Å². The maximum Gasteiger partial charge on any atom is 0.475 e. The summed E-state index contributed by atoms with van der Waals surface area (Å²) in [6.07, 6.45) is -0.266.